The molecule has 2 N–H and O–H groups in total. The number of benzene rings is 1. The Labute approximate surface area is 297 Å². The summed E-state index contributed by atoms with van der Waals surface area (Å²) in [5, 5.41) is -0.286. The standard InChI is InChI=1S/C35H40ClF4N7O4/c1-15-22(36)20(24(39)26(41)23(15)38)27-25(40)28-21-30(44-32(43-28)49-14-35-9-6-10-45(35)12-17(37)11-35)46-13-18-7-8-19(29(46)16(2)50-31(21)42-27)47(18)33(48)51-34(3,4)5/h16-19,29H,6-14,41H2,1-5H3/t16-,17+,18+,19-,29+,35-/m0/s1. The predicted octanol–water partition coefficient (Wildman–Crippen LogP) is 6.35. The number of pyridine rings is 1. The number of amides is 1. The molecule has 1 amide bonds. The van der Waals surface area contributed by atoms with Gasteiger partial charge in [-0.1, -0.05) is 11.6 Å². The molecule has 8 rings (SSSR count). The Morgan fingerprint density at radius 1 is 1.12 bits per heavy atom. The fraction of sp³-hybridized carbons (Fsp3) is 0.600. The number of hydrogen-bond acceptors (Lipinski definition) is 10. The summed E-state index contributed by atoms with van der Waals surface area (Å²) in [5.41, 5.74) is 2.08. The van der Waals surface area contributed by atoms with Crippen LogP contribution in [0.4, 0.5) is 33.9 Å². The molecule has 1 aromatic carbocycles. The number of fused-ring (bicyclic) bond motifs is 6. The van der Waals surface area contributed by atoms with Crippen LogP contribution in [0, 0.1) is 24.4 Å². The van der Waals surface area contributed by atoms with E-state index in [2.05, 4.69) is 14.9 Å². The summed E-state index contributed by atoms with van der Waals surface area (Å²) in [6, 6.07) is -1.26. The Morgan fingerprint density at radius 2 is 1.88 bits per heavy atom. The summed E-state index contributed by atoms with van der Waals surface area (Å²) in [5.74, 6) is -3.23. The first-order chi connectivity index (χ1) is 24.1. The average molecular weight is 734 g/mol. The van der Waals surface area contributed by atoms with Gasteiger partial charge in [0.15, 0.2) is 17.5 Å². The first kappa shape index (κ1) is 34.2. The zero-order valence-corrected chi connectivity index (χ0v) is 29.8. The van der Waals surface area contributed by atoms with Gasteiger partial charge >= 0.3 is 12.1 Å². The fourth-order valence-electron chi connectivity index (χ4n) is 8.92. The summed E-state index contributed by atoms with van der Waals surface area (Å²) >= 11 is 6.45. The molecule has 2 bridgehead atoms. The van der Waals surface area contributed by atoms with Crippen molar-refractivity contribution in [1.29, 1.82) is 0 Å². The predicted molar refractivity (Wildman–Crippen MR) is 181 cm³/mol. The lowest BCUT2D eigenvalue weighted by atomic mass is 9.95. The minimum Gasteiger partial charge on any atom is -0.472 e. The molecule has 0 radical (unpaired) electrons. The molecule has 0 saturated carbocycles. The number of nitrogens with zero attached hydrogens (tertiary/aromatic N) is 6. The summed E-state index contributed by atoms with van der Waals surface area (Å²) in [6.07, 6.45) is 1.18. The maximum atomic E-state index is 17.0. The van der Waals surface area contributed by atoms with Gasteiger partial charge in [0.2, 0.25) is 5.88 Å². The molecule has 7 heterocycles. The summed E-state index contributed by atoms with van der Waals surface area (Å²) < 4.78 is 80.5. The minimum absolute atomic E-state index is 0.0763. The molecule has 3 aromatic rings. The van der Waals surface area contributed by atoms with Crippen LogP contribution in [0.5, 0.6) is 11.9 Å². The van der Waals surface area contributed by atoms with Crippen molar-refractivity contribution < 1.29 is 36.6 Å². The van der Waals surface area contributed by atoms with E-state index in [9.17, 15) is 13.6 Å². The zero-order chi connectivity index (χ0) is 36.3. The van der Waals surface area contributed by atoms with E-state index in [1.807, 2.05) is 32.6 Å². The molecule has 2 aromatic heterocycles. The second kappa shape index (κ2) is 11.8. The van der Waals surface area contributed by atoms with Crippen LogP contribution >= 0.6 is 11.6 Å². The monoisotopic (exact) mass is 733 g/mol. The highest BCUT2D eigenvalue weighted by atomic mass is 35.5. The van der Waals surface area contributed by atoms with Gasteiger partial charge in [-0.05, 0) is 66.8 Å². The molecule has 0 aliphatic carbocycles. The molecule has 5 aliphatic heterocycles. The van der Waals surface area contributed by atoms with Crippen molar-refractivity contribution in [2.75, 3.05) is 36.9 Å². The van der Waals surface area contributed by atoms with Gasteiger partial charge < -0.3 is 24.8 Å². The largest absolute Gasteiger partial charge is 0.472 e. The van der Waals surface area contributed by atoms with Crippen LogP contribution in [-0.2, 0) is 4.74 Å². The summed E-state index contributed by atoms with van der Waals surface area (Å²) in [6.45, 7) is 9.99. The lowest BCUT2D eigenvalue weighted by Gasteiger charge is -2.48. The lowest BCUT2D eigenvalue weighted by Crippen LogP contribution is -2.65. The molecule has 6 atom stereocenters. The summed E-state index contributed by atoms with van der Waals surface area (Å²) in [7, 11) is 0. The normalized spacial score (nSPS) is 28.5. The van der Waals surface area contributed by atoms with Gasteiger partial charge in [-0.25, -0.2) is 27.3 Å². The van der Waals surface area contributed by atoms with Crippen molar-refractivity contribution in [3.8, 4) is 23.1 Å². The second-order valence-electron chi connectivity index (χ2n) is 15.5. The van der Waals surface area contributed by atoms with Crippen LogP contribution in [0.3, 0.4) is 0 Å². The van der Waals surface area contributed by atoms with Gasteiger partial charge in [-0.15, -0.1) is 0 Å². The topological polar surface area (TPSA) is 119 Å². The number of hydrogen-bond donors (Lipinski definition) is 1. The Balaban J connectivity index is 1.29. The van der Waals surface area contributed by atoms with E-state index in [1.165, 1.54) is 6.92 Å². The Bertz CT molecular complexity index is 1940. The third-order valence-corrected chi connectivity index (χ3v) is 11.6. The van der Waals surface area contributed by atoms with Crippen LogP contribution in [0.25, 0.3) is 22.2 Å². The van der Waals surface area contributed by atoms with Crippen LogP contribution in [0.15, 0.2) is 0 Å². The number of anilines is 2. The van der Waals surface area contributed by atoms with Crippen molar-refractivity contribution in [1.82, 2.24) is 24.8 Å². The molecule has 0 spiro atoms. The van der Waals surface area contributed by atoms with Gasteiger partial charge in [-0.3, -0.25) is 9.80 Å². The minimum atomic E-state index is -1.28. The van der Waals surface area contributed by atoms with E-state index < -0.39 is 75.0 Å². The Morgan fingerprint density at radius 3 is 2.63 bits per heavy atom. The van der Waals surface area contributed by atoms with E-state index in [4.69, 9.17) is 36.5 Å². The van der Waals surface area contributed by atoms with Gasteiger partial charge in [-0.2, -0.15) is 9.97 Å². The van der Waals surface area contributed by atoms with E-state index in [1.54, 1.807) is 4.90 Å². The van der Waals surface area contributed by atoms with Gasteiger partial charge in [0.25, 0.3) is 0 Å². The van der Waals surface area contributed by atoms with Crippen LogP contribution < -0.4 is 20.1 Å². The van der Waals surface area contributed by atoms with Gasteiger partial charge in [0, 0.05) is 25.1 Å². The van der Waals surface area contributed by atoms with Crippen molar-refractivity contribution in [2.45, 2.75) is 108 Å². The molecular formula is C35H40ClF4N7O4. The zero-order valence-electron chi connectivity index (χ0n) is 29.0. The first-order valence-electron chi connectivity index (χ1n) is 17.4. The first-order valence-corrected chi connectivity index (χ1v) is 17.8. The highest BCUT2D eigenvalue weighted by molar-refractivity contribution is 6.34. The average Bonchev–Trinajstić information content (AvgIpc) is 3.67. The molecule has 11 nitrogen and oxygen atoms in total. The van der Waals surface area contributed by atoms with Crippen molar-refractivity contribution in [3.05, 3.63) is 28.0 Å². The molecular weight excluding hydrogens is 694 g/mol. The second-order valence-corrected chi connectivity index (χ2v) is 15.9. The third kappa shape index (κ3) is 5.31. The van der Waals surface area contributed by atoms with E-state index in [0.29, 0.717) is 32.4 Å². The van der Waals surface area contributed by atoms with Crippen LogP contribution in [0.1, 0.15) is 65.4 Å². The van der Waals surface area contributed by atoms with Crippen LogP contribution in [-0.4, -0.2) is 98.6 Å². The van der Waals surface area contributed by atoms with Crippen molar-refractivity contribution in [3.63, 3.8) is 0 Å². The third-order valence-electron chi connectivity index (χ3n) is 11.1. The van der Waals surface area contributed by atoms with Crippen LogP contribution in [0.2, 0.25) is 5.02 Å². The smallest absolute Gasteiger partial charge is 0.410 e. The quantitative estimate of drug-likeness (QED) is 0.240. The van der Waals surface area contributed by atoms with E-state index in [0.717, 1.165) is 19.4 Å². The molecule has 51 heavy (non-hydrogen) atoms. The maximum absolute atomic E-state index is 17.0. The number of carbonyl (C=O) groups is 1. The molecule has 5 aliphatic rings. The molecule has 16 heteroatoms. The molecule has 0 unspecified atom stereocenters. The number of piperazine rings is 1. The summed E-state index contributed by atoms with van der Waals surface area (Å²) in [4.78, 5) is 33.2. The maximum Gasteiger partial charge on any atom is 0.410 e. The van der Waals surface area contributed by atoms with Crippen molar-refractivity contribution >= 4 is 40.1 Å². The molecule has 4 saturated heterocycles. The number of rotatable bonds is 4. The number of nitrogens with two attached hydrogens (primary N) is 1. The Kier molecular flexibility index (Phi) is 7.95. The number of ether oxygens (including phenoxy) is 3. The van der Waals surface area contributed by atoms with E-state index >= 15 is 8.78 Å². The fourth-order valence-corrected chi connectivity index (χ4v) is 9.17. The number of alkyl halides is 1. The van der Waals surface area contributed by atoms with Gasteiger partial charge in [0.05, 0.1) is 34.3 Å². The number of halogens is 5. The molecule has 274 valence electrons. The Hall–Kier alpha value is -3.85. The molecule has 4 fully saturated rings. The number of aromatic nitrogens is 3. The highest BCUT2D eigenvalue weighted by Crippen LogP contribution is 2.48. The van der Waals surface area contributed by atoms with Gasteiger partial charge in [0.1, 0.15) is 52.6 Å². The highest BCUT2D eigenvalue weighted by Gasteiger charge is 2.54. The number of nitrogen functional groups attached to an aromatic ring is 1. The lowest BCUT2D eigenvalue weighted by molar-refractivity contribution is 0.000937. The SMILES string of the molecule is Cc1c(F)c(N)c(F)c(-c2nc3c4c(nc(OC[C@@]56CCCN5C[C@H](F)C6)nc4c2F)N2C[C@H]4CC[C@@H]([C@H]2[C@H](C)O3)N4C(=O)OC(C)(C)C)c1Cl. The van der Waals surface area contributed by atoms with E-state index in [-0.39, 0.29) is 52.9 Å². The number of carbonyl (C=O) groups excluding carboxylic acids is 1. The van der Waals surface area contributed by atoms with Crippen molar-refractivity contribution in [2.24, 2.45) is 0 Å².